The summed E-state index contributed by atoms with van der Waals surface area (Å²) in [6.07, 6.45) is 0. The minimum atomic E-state index is -1.44. The summed E-state index contributed by atoms with van der Waals surface area (Å²) in [5.41, 5.74) is -0.682. The number of carbonyl (C=O) groups is 5. The maximum atomic E-state index is 12.6. The van der Waals surface area contributed by atoms with E-state index in [0.717, 1.165) is 4.90 Å². The molecule has 0 saturated heterocycles. The van der Waals surface area contributed by atoms with Crippen LogP contribution in [0, 0.1) is 0 Å². The van der Waals surface area contributed by atoms with Crippen molar-refractivity contribution >= 4 is 95.5 Å². The molecule has 1 heterocycles. The van der Waals surface area contributed by atoms with Crippen LogP contribution in [0.4, 0.5) is 5.69 Å². The van der Waals surface area contributed by atoms with E-state index in [1.807, 2.05) is 0 Å². The van der Waals surface area contributed by atoms with Crippen molar-refractivity contribution in [1.82, 2.24) is 4.90 Å². The van der Waals surface area contributed by atoms with Gasteiger partial charge in [0.2, 0.25) is 5.91 Å². The molecule has 9 nitrogen and oxygen atoms in total. The summed E-state index contributed by atoms with van der Waals surface area (Å²) >= 11 is 9.07. The monoisotopic (exact) mass is 638 g/mol. The van der Waals surface area contributed by atoms with Crippen LogP contribution in [0.5, 0.6) is 0 Å². The predicted molar refractivity (Wildman–Crippen MR) is 121 cm³/mol. The lowest BCUT2D eigenvalue weighted by Crippen LogP contribution is -2.37. The molecule has 13 heteroatoms. The lowest BCUT2D eigenvalue weighted by atomic mass is 10.1. The molecular formula is C18H10Br3ClN2O7. The zero-order valence-electron chi connectivity index (χ0n) is 14.9. The van der Waals surface area contributed by atoms with Gasteiger partial charge in [-0.3, -0.25) is 19.3 Å². The molecule has 3 amide bonds. The number of fused-ring (bicyclic) bond motifs is 1. The summed E-state index contributed by atoms with van der Waals surface area (Å²) < 4.78 is -0.413. The number of imide groups is 1. The number of hydrogen-bond acceptors (Lipinski definition) is 5. The van der Waals surface area contributed by atoms with Crippen molar-refractivity contribution in [1.29, 1.82) is 0 Å². The van der Waals surface area contributed by atoms with E-state index in [2.05, 4.69) is 53.1 Å². The van der Waals surface area contributed by atoms with Gasteiger partial charge in [-0.15, -0.1) is 12.4 Å². The number of nitrogens with zero attached hydrogens (tertiary/aromatic N) is 1. The average Bonchev–Trinajstić information content (AvgIpc) is 2.90. The van der Waals surface area contributed by atoms with Crippen LogP contribution in [0.1, 0.15) is 41.4 Å². The van der Waals surface area contributed by atoms with E-state index in [1.165, 1.54) is 12.1 Å². The molecule has 0 aromatic heterocycles. The third-order valence-electron chi connectivity index (χ3n) is 4.19. The second kappa shape index (κ2) is 9.47. The largest absolute Gasteiger partial charge is 0.478 e. The van der Waals surface area contributed by atoms with Crippen LogP contribution in [0.25, 0.3) is 0 Å². The number of halogens is 4. The molecular weight excluding hydrogens is 631 g/mol. The molecule has 0 fully saturated rings. The zero-order chi connectivity index (χ0) is 22.3. The van der Waals surface area contributed by atoms with Crippen LogP contribution in [0.3, 0.4) is 0 Å². The van der Waals surface area contributed by atoms with E-state index in [-0.39, 0.29) is 42.6 Å². The van der Waals surface area contributed by atoms with Crippen LogP contribution in [0.15, 0.2) is 37.7 Å². The lowest BCUT2D eigenvalue weighted by Gasteiger charge is -2.18. The van der Waals surface area contributed by atoms with Crippen molar-refractivity contribution < 1.29 is 34.2 Å². The third-order valence-corrected chi connectivity index (χ3v) is 6.57. The fourth-order valence-electron chi connectivity index (χ4n) is 2.85. The van der Waals surface area contributed by atoms with Gasteiger partial charge < -0.3 is 15.5 Å². The summed E-state index contributed by atoms with van der Waals surface area (Å²) in [7, 11) is 0. The number of benzene rings is 2. The Labute approximate surface area is 205 Å². The molecule has 0 radical (unpaired) electrons. The van der Waals surface area contributed by atoms with E-state index in [0.29, 0.717) is 0 Å². The second-order valence-corrected chi connectivity index (χ2v) is 8.35. The van der Waals surface area contributed by atoms with Gasteiger partial charge >= 0.3 is 11.9 Å². The van der Waals surface area contributed by atoms with Crippen LogP contribution in [-0.4, -0.2) is 51.3 Å². The highest BCUT2D eigenvalue weighted by Gasteiger charge is 2.36. The van der Waals surface area contributed by atoms with Crippen molar-refractivity contribution in [2.75, 3.05) is 11.9 Å². The first-order chi connectivity index (χ1) is 14.1. The van der Waals surface area contributed by atoms with Crippen LogP contribution >= 0.6 is 60.2 Å². The number of carboxylic acid groups (broad SMARTS) is 2. The van der Waals surface area contributed by atoms with Crippen molar-refractivity contribution in [3.8, 4) is 0 Å². The number of rotatable bonds is 5. The first-order valence-electron chi connectivity index (χ1n) is 7.98. The number of amides is 3. The Kier molecular flexibility index (Phi) is 7.63. The number of aromatic carboxylic acids is 2. The Hall–Kier alpha value is -2.28. The highest BCUT2D eigenvalue weighted by atomic mass is 79.9. The molecule has 1 aliphatic heterocycles. The summed E-state index contributed by atoms with van der Waals surface area (Å²) in [6.45, 7) is -0.647. The van der Waals surface area contributed by atoms with Crippen molar-refractivity contribution in [3.05, 3.63) is 59.9 Å². The van der Waals surface area contributed by atoms with Crippen molar-refractivity contribution in [2.24, 2.45) is 0 Å². The van der Waals surface area contributed by atoms with Gasteiger partial charge in [0.05, 0.1) is 36.9 Å². The Morgan fingerprint density at radius 1 is 0.839 bits per heavy atom. The van der Waals surface area contributed by atoms with Gasteiger partial charge in [-0.25, -0.2) is 9.59 Å². The Morgan fingerprint density at radius 2 is 1.26 bits per heavy atom. The minimum absolute atomic E-state index is 0. The highest BCUT2D eigenvalue weighted by Crippen LogP contribution is 2.42. The Morgan fingerprint density at radius 3 is 1.65 bits per heavy atom. The summed E-state index contributed by atoms with van der Waals surface area (Å²) in [5.74, 6) is -5.01. The molecule has 0 bridgehead atoms. The summed E-state index contributed by atoms with van der Waals surface area (Å²) in [4.78, 5) is 61.3. The van der Waals surface area contributed by atoms with Gasteiger partial charge in [0, 0.05) is 4.47 Å². The molecule has 0 saturated carbocycles. The zero-order valence-corrected chi connectivity index (χ0v) is 20.5. The average molecular weight is 641 g/mol. The molecule has 31 heavy (non-hydrogen) atoms. The van der Waals surface area contributed by atoms with Crippen LogP contribution < -0.4 is 5.32 Å². The molecule has 3 N–H and O–H groups in total. The smallest absolute Gasteiger partial charge is 0.338 e. The first kappa shape index (κ1) is 25.0. The van der Waals surface area contributed by atoms with Crippen molar-refractivity contribution in [3.63, 3.8) is 0 Å². The van der Waals surface area contributed by atoms with Gasteiger partial charge in [-0.05, 0) is 59.9 Å². The quantitative estimate of drug-likeness (QED) is 0.419. The lowest BCUT2D eigenvalue weighted by molar-refractivity contribution is -0.116. The molecule has 162 valence electrons. The van der Waals surface area contributed by atoms with Gasteiger partial charge in [-0.1, -0.05) is 12.1 Å². The second-order valence-electron chi connectivity index (χ2n) is 5.97. The fourth-order valence-corrected chi connectivity index (χ4v) is 5.72. The standard InChI is InChI=1S/C18H9Br3N2O7.ClH/c19-11-9(17(27)28)12(20)14(13(21)10(11)18(29)30)22-8(24)5-23-15(25)6-3-1-2-4-7(6)16(23)26;/h1-4H,5H2,(H,22,24)(H,27,28)(H,29,30);1H. The van der Waals surface area contributed by atoms with E-state index in [1.54, 1.807) is 12.1 Å². The van der Waals surface area contributed by atoms with E-state index < -0.39 is 47.3 Å². The molecule has 3 rings (SSSR count). The normalized spacial score (nSPS) is 12.3. The predicted octanol–water partition coefficient (Wildman–Crippen LogP) is 4.03. The van der Waals surface area contributed by atoms with E-state index in [9.17, 15) is 34.2 Å². The SMILES string of the molecule is Cl.O=C(CN1C(=O)c2ccccc2C1=O)Nc1c(Br)c(C(=O)O)c(Br)c(C(=O)O)c1Br. The van der Waals surface area contributed by atoms with Crippen molar-refractivity contribution in [2.45, 2.75) is 0 Å². The van der Waals surface area contributed by atoms with Gasteiger partial charge in [0.1, 0.15) is 6.54 Å². The molecule has 0 unspecified atom stereocenters. The summed E-state index contributed by atoms with van der Waals surface area (Å²) in [5, 5.41) is 21.2. The van der Waals surface area contributed by atoms with Gasteiger partial charge in [0.15, 0.2) is 0 Å². The molecule has 0 aliphatic carbocycles. The van der Waals surface area contributed by atoms with Gasteiger partial charge in [-0.2, -0.15) is 0 Å². The Bertz CT molecular complexity index is 1090. The fraction of sp³-hybridized carbons (Fsp3) is 0.0556. The molecule has 0 spiro atoms. The number of carbonyl (C=O) groups excluding carboxylic acids is 3. The topological polar surface area (TPSA) is 141 Å². The van der Waals surface area contributed by atoms with Crippen LogP contribution in [0.2, 0.25) is 0 Å². The summed E-state index contributed by atoms with van der Waals surface area (Å²) in [6, 6.07) is 6.11. The molecule has 1 aliphatic rings. The maximum Gasteiger partial charge on any atom is 0.338 e. The maximum absolute atomic E-state index is 12.6. The first-order valence-corrected chi connectivity index (χ1v) is 10.4. The third kappa shape index (κ3) is 4.38. The molecule has 2 aromatic carbocycles. The number of nitrogens with one attached hydrogen (secondary N) is 1. The number of hydrogen-bond donors (Lipinski definition) is 3. The number of anilines is 1. The van der Waals surface area contributed by atoms with Gasteiger partial charge in [0.25, 0.3) is 11.8 Å². The van der Waals surface area contributed by atoms with E-state index >= 15 is 0 Å². The number of carboxylic acids is 2. The minimum Gasteiger partial charge on any atom is -0.478 e. The highest BCUT2D eigenvalue weighted by molar-refractivity contribution is 9.11. The Balaban J connectivity index is 0.00000341. The molecule has 2 aromatic rings. The molecule has 0 atom stereocenters. The van der Waals surface area contributed by atoms with Crippen LogP contribution in [-0.2, 0) is 4.79 Å². The van der Waals surface area contributed by atoms with E-state index in [4.69, 9.17) is 0 Å².